The summed E-state index contributed by atoms with van der Waals surface area (Å²) in [5, 5.41) is 16.4. The molecular weight excluding hydrogens is 374 g/mol. The molecule has 0 saturated carbocycles. The van der Waals surface area contributed by atoms with E-state index in [2.05, 4.69) is 36.4 Å². The Balaban J connectivity index is 1.38. The van der Waals surface area contributed by atoms with Crippen LogP contribution in [0.25, 0.3) is 0 Å². The standard InChI is InChI=1S/C15H14BrN7O/c16-14-4-2-1-3-13(14)15(24)21-9-12(10-21)22-7-11(19-20-22)8-23-17-5-6-18-23/h1-7,12H,8-10H2. The summed E-state index contributed by atoms with van der Waals surface area (Å²) >= 11 is 3.42. The molecule has 1 fully saturated rings. The molecule has 9 heteroatoms. The lowest BCUT2D eigenvalue weighted by Gasteiger charge is -2.39. The topological polar surface area (TPSA) is 81.7 Å². The quantitative estimate of drug-likeness (QED) is 0.675. The van der Waals surface area contributed by atoms with Crippen LogP contribution in [0.3, 0.4) is 0 Å². The highest BCUT2D eigenvalue weighted by Gasteiger charge is 2.33. The van der Waals surface area contributed by atoms with Gasteiger partial charge in [-0.05, 0) is 28.1 Å². The van der Waals surface area contributed by atoms with Crippen LogP contribution < -0.4 is 0 Å². The maximum atomic E-state index is 12.5. The number of likely N-dealkylation sites (tertiary alicyclic amines) is 1. The van der Waals surface area contributed by atoms with Crippen LogP contribution >= 0.6 is 15.9 Å². The summed E-state index contributed by atoms with van der Waals surface area (Å²) in [5.41, 5.74) is 1.47. The monoisotopic (exact) mass is 387 g/mol. The van der Waals surface area contributed by atoms with Gasteiger partial charge in [-0.3, -0.25) is 4.79 Å². The second-order valence-corrected chi connectivity index (χ2v) is 6.45. The highest BCUT2D eigenvalue weighted by Crippen LogP contribution is 2.25. The first-order valence-corrected chi connectivity index (χ1v) is 8.28. The van der Waals surface area contributed by atoms with Crippen molar-refractivity contribution in [2.75, 3.05) is 13.1 Å². The number of rotatable bonds is 4. The van der Waals surface area contributed by atoms with E-state index >= 15 is 0 Å². The van der Waals surface area contributed by atoms with Gasteiger partial charge in [0.25, 0.3) is 5.91 Å². The van der Waals surface area contributed by atoms with E-state index in [0.29, 0.717) is 25.2 Å². The lowest BCUT2D eigenvalue weighted by molar-refractivity contribution is 0.0497. The molecule has 1 saturated heterocycles. The van der Waals surface area contributed by atoms with E-state index < -0.39 is 0 Å². The molecule has 122 valence electrons. The van der Waals surface area contributed by atoms with Crippen LogP contribution in [0.15, 0.2) is 47.3 Å². The molecule has 1 amide bonds. The number of hydrogen-bond donors (Lipinski definition) is 0. The smallest absolute Gasteiger partial charge is 0.255 e. The van der Waals surface area contributed by atoms with Crippen LogP contribution in [0.5, 0.6) is 0 Å². The zero-order valence-electron chi connectivity index (χ0n) is 12.7. The summed E-state index contributed by atoms with van der Waals surface area (Å²) in [7, 11) is 0. The van der Waals surface area contributed by atoms with Gasteiger partial charge in [0.15, 0.2) is 0 Å². The van der Waals surface area contributed by atoms with Gasteiger partial charge in [-0.1, -0.05) is 17.3 Å². The lowest BCUT2D eigenvalue weighted by Crippen LogP contribution is -2.51. The van der Waals surface area contributed by atoms with E-state index in [1.807, 2.05) is 35.1 Å². The van der Waals surface area contributed by atoms with E-state index in [1.54, 1.807) is 22.1 Å². The van der Waals surface area contributed by atoms with Crippen molar-refractivity contribution in [3.8, 4) is 0 Å². The highest BCUT2D eigenvalue weighted by atomic mass is 79.9. The number of carbonyl (C=O) groups is 1. The molecule has 2 aromatic heterocycles. The number of halogens is 1. The van der Waals surface area contributed by atoms with Gasteiger partial charge in [-0.15, -0.1) is 5.10 Å². The Bertz CT molecular complexity index is 854. The molecular formula is C15H14BrN7O. The number of carbonyl (C=O) groups excluding carboxylic acids is 1. The van der Waals surface area contributed by atoms with Crippen molar-refractivity contribution in [1.82, 2.24) is 34.9 Å². The fourth-order valence-corrected chi connectivity index (χ4v) is 3.08. The molecule has 3 aromatic rings. The van der Waals surface area contributed by atoms with Gasteiger partial charge in [0.2, 0.25) is 0 Å². The third-order valence-corrected chi connectivity index (χ3v) is 4.65. The summed E-state index contributed by atoms with van der Waals surface area (Å²) in [4.78, 5) is 15.8. The minimum atomic E-state index is 0.0276. The zero-order valence-corrected chi connectivity index (χ0v) is 14.2. The first kappa shape index (κ1) is 15.0. The average molecular weight is 388 g/mol. The van der Waals surface area contributed by atoms with Crippen molar-refractivity contribution >= 4 is 21.8 Å². The normalized spacial score (nSPS) is 14.6. The van der Waals surface area contributed by atoms with Crippen LogP contribution in [0.4, 0.5) is 0 Å². The first-order chi connectivity index (χ1) is 11.7. The second-order valence-electron chi connectivity index (χ2n) is 5.59. The van der Waals surface area contributed by atoms with E-state index in [0.717, 1.165) is 10.2 Å². The largest absolute Gasteiger partial charge is 0.334 e. The average Bonchev–Trinajstić information content (AvgIpc) is 3.19. The van der Waals surface area contributed by atoms with Crippen LogP contribution in [0.1, 0.15) is 22.1 Å². The van der Waals surface area contributed by atoms with Gasteiger partial charge in [-0.2, -0.15) is 15.0 Å². The molecule has 24 heavy (non-hydrogen) atoms. The fourth-order valence-electron chi connectivity index (χ4n) is 2.63. The Morgan fingerprint density at radius 1 is 1.21 bits per heavy atom. The maximum Gasteiger partial charge on any atom is 0.255 e. The molecule has 0 spiro atoms. The summed E-state index contributed by atoms with van der Waals surface area (Å²) in [6, 6.07) is 7.61. The molecule has 3 heterocycles. The highest BCUT2D eigenvalue weighted by molar-refractivity contribution is 9.10. The van der Waals surface area contributed by atoms with Gasteiger partial charge in [0.1, 0.15) is 12.2 Å². The van der Waals surface area contributed by atoms with Crippen molar-refractivity contribution in [3.05, 3.63) is 58.6 Å². The molecule has 8 nitrogen and oxygen atoms in total. The summed E-state index contributed by atoms with van der Waals surface area (Å²) < 4.78 is 2.62. The van der Waals surface area contributed by atoms with Crippen molar-refractivity contribution in [2.24, 2.45) is 0 Å². The van der Waals surface area contributed by atoms with Gasteiger partial charge in [-0.25, -0.2) is 4.68 Å². The number of aromatic nitrogens is 6. The van der Waals surface area contributed by atoms with Gasteiger partial charge >= 0.3 is 0 Å². The Morgan fingerprint density at radius 3 is 2.71 bits per heavy atom. The molecule has 0 bridgehead atoms. The van der Waals surface area contributed by atoms with Crippen LogP contribution in [-0.4, -0.2) is 53.9 Å². The first-order valence-electron chi connectivity index (χ1n) is 7.49. The fraction of sp³-hybridized carbons (Fsp3) is 0.267. The SMILES string of the molecule is O=C(c1ccccc1Br)N1CC(n2cc(Cn3nccn3)nn2)C1. The van der Waals surface area contributed by atoms with Gasteiger partial charge in [0, 0.05) is 17.6 Å². The van der Waals surface area contributed by atoms with Crippen molar-refractivity contribution in [2.45, 2.75) is 12.6 Å². The Kier molecular flexibility index (Phi) is 3.85. The molecule has 0 atom stereocenters. The molecule has 0 radical (unpaired) electrons. The predicted octanol–water partition coefficient (Wildman–Crippen LogP) is 1.38. The minimum absolute atomic E-state index is 0.0276. The molecule has 1 aliphatic heterocycles. The molecule has 1 aliphatic rings. The van der Waals surface area contributed by atoms with Crippen LogP contribution in [0, 0.1) is 0 Å². The third-order valence-electron chi connectivity index (χ3n) is 3.96. The predicted molar refractivity (Wildman–Crippen MR) is 88.2 cm³/mol. The van der Waals surface area contributed by atoms with Crippen molar-refractivity contribution in [3.63, 3.8) is 0 Å². The number of amides is 1. The maximum absolute atomic E-state index is 12.5. The van der Waals surface area contributed by atoms with E-state index in [4.69, 9.17) is 0 Å². The summed E-state index contributed by atoms with van der Waals surface area (Å²) in [5.74, 6) is 0.0276. The number of hydrogen-bond acceptors (Lipinski definition) is 5. The van der Waals surface area contributed by atoms with Crippen molar-refractivity contribution < 1.29 is 4.79 Å². The van der Waals surface area contributed by atoms with E-state index in [1.165, 1.54) is 0 Å². The number of benzene rings is 1. The molecule has 0 aliphatic carbocycles. The Hall–Kier alpha value is -2.55. The van der Waals surface area contributed by atoms with Gasteiger partial charge in [0.05, 0.1) is 30.2 Å². The zero-order chi connectivity index (χ0) is 16.5. The van der Waals surface area contributed by atoms with E-state index in [-0.39, 0.29) is 11.9 Å². The second kappa shape index (κ2) is 6.16. The number of nitrogens with zero attached hydrogens (tertiary/aromatic N) is 7. The minimum Gasteiger partial charge on any atom is -0.334 e. The van der Waals surface area contributed by atoms with Crippen molar-refractivity contribution in [1.29, 1.82) is 0 Å². The molecule has 1 aromatic carbocycles. The lowest BCUT2D eigenvalue weighted by atomic mass is 10.1. The van der Waals surface area contributed by atoms with Crippen LogP contribution in [-0.2, 0) is 6.54 Å². The Labute approximate surface area is 146 Å². The van der Waals surface area contributed by atoms with E-state index in [9.17, 15) is 4.79 Å². The Morgan fingerprint density at radius 2 is 1.96 bits per heavy atom. The third kappa shape index (κ3) is 2.82. The van der Waals surface area contributed by atoms with Crippen LogP contribution in [0.2, 0.25) is 0 Å². The summed E-state index contributed by atoms with van der Waals surface area (Å²) in [6.45, 7) is 1.74. The molecule has 4 rings (SSSR count). The molecule has 0 unspecified atom stereocenters. The molecule has 0 N–H and O–H groups in total. The summed E-state index contributed by atoms with van der Waals surface area (Å²) in [6.07, 6.45) is 5.14. The van der Waals surface area contributed by atoms with Gasteiger partial charge < -0.3 is 4.90 Å².